The number of hydrogen-bond acceptors (Lipinski definition) is 2. The maximum atomic E-state index is 10.6. The minimum Gasteiger partial charge on any atom is -0.545 e. The largest absolute Gasteiger partial charge is 0.545 e. The van der Waals surface area contributed by atoms with E-state index in [-0.39, 0.29) is 5.56 Å². The molecule has 0 spiro atoms. The molecule has 17 heavy (non-hydrogen) atoms. The van der Waals surface area contributed by atoms with E-state index in [0.717, 1.165) is 6.42 Å². The van der Waals surface area contributed by atoms with Crippen molar-refractivity contribution in [2.75, 3.05) is 0 Å². The fraction of sp³-hybridized carbons (Fsp3) is 0.533. The first-order valence-corrected chi connectivity index (χ1v) is 6.54. The molecule has 1 aromatic carbocycles. The van der Waals surface area contributed by atoms with Crippen LogP contribution in [0.2, 0.25) is 0 Å². The third kappa shape index (κ3) is 5.53. The molecule has 0 N–H and O–H groups in total. The van der Waals surface area contributed by atoms with Crippen molar-refractivity contribution in [1.82, 2.24) is 0 Å². The van der Waals surface area contributed by atoms with E-state index < -0.39 is 5.97 Å². The number of benzene rings is 1. The van der Waals surface area contributed by atoms with E-state index in [1.165, 1.54) is 44.1 Å². The molecule has 0 aliphatic carbocycles. The fourth-order valence-electron chi connectivity index (χ4n) is 1.92. The van der Waals surface area contributed by atoms with Gasteiger partial charge in [-0.1, -0.05) is 63.3 Å². The van der Waals surface area contributed by atoms with Crippen LogP contribution < -0.4 is 5.11 Å². The van der Waals surface area contributed by atoms with Gasteiger partial charge in [-0.05, 0) is 24.0 Å². The van der Waals surface area contributed by atoms with Crippen molar-refractivity contribution in [2.24, 2.45) is 0 Å². The summed E-state index contributed by atoms with van der Waals surface area (Å²) in [6, 6.07) is 7.03. The van der Waals surface area contributed by atoms with Gasteiger partial charge in [0, 0.05) is 0 Å². The van der Waals surface area contributed by atoms with Gasteiger partial charge in [0.2, 0.25) is 0 Å². The predicted octanol–water partition coefficient (Wildman–Crippen LogP) is 2.95. The van der Waals surface area contributed by atoms with Crippen molar-refractivity contribution in [1.29, 1.82) is 0 Å². The van der Waals surface area contributed by atoms with E-state index in [2.05, 4.69) is 6.92 Å². The highest BCUT2D eigenvalue weighted by Crippen LogP contribution is 2.10. The van der Waals surface area contributed by atoms with Crippen LogP contribution in [-0.2, 0) is 6.42 Å². The van der Waals surface area contributed by atoms with Crippen molar-refractivity contribution >= 4 is 5.97 Å². The second-order valence-corrected chi connectivity index (χ2v) is 4.50. The smallest absolute Gasteiger partial charge is 0.0715 e. The summed E-state index contributed by atoms with van der Waals surface area (Å²) in [5.74, 6) is -1.10. The number of aryl methyl sites for hydroxylation is 1. The van der Waals surface area contributed by atoms with Gasteiger partial charge in [0.1, 0.15) is 0 Å². The highest BCUT2D eigenvalue weighted by Gasteiger charge is 1.96. The molecule has 0 heterocycles. The van der Waals surface area contributed by atoms with Gasteiger partial charge in [-0.2, -0.15) is 0 Å². The van der Waals surface area contributed by atoms with Crippen LogP contribution in [0.1, 0.15) is 61.4 Å². The summed E-state index contributed by atoms with van der Waals surface area (Å²) in [6.45, 7) is 2.22. The lowest BCUT2D eigenvalue weighted by Gasteiger charge is -2.05. The van der Waals surface area contributed by atoms with Gasteiger partial charge in [0.15, 0.2) is 0 Å². The molecule has 0 amide bonds. The van der Waals surface area contributed by atoms with Crippen LogP contribution in [0.15, 0.2) is 24.3 Å². The molecule has 0 aliphatic rings. The molecule has 0 radical (unpaired) electrons. The molecule has 0 bridgehead atoms. The van der Waals surface area contributed by atoms with Crippen LogP contribution in [0.3, 0.4) is 0 Å². The highest BCUT2D eigenvalue weighted by atomic mass is 16.4. The lowest BCUT2D eigenvalue weighted by atomic mass is 10.0. The van der Waals surface area contributed by atoms with E-state index in [1.54, 1.807) is 12.1 Å². The van der Waals surface area contributed by atoms with Gasteiger partial charge in [-0.3, -0.25) is 0 Å². The van der Waals surface area contributed by atoms with Gasteiger partial charge in [0.05, 0.1) is 5.97 Å². The Balaban J connectivity index is 2.21. The van der Waals surface area contributed by atoms with Crippen LogP contribution in [-0.4, -0.2) is 5.97 Å². The van der Waals surface area contributed by atoms with E-state index in [1.807, 2.05) is 12.1 Å². The lowest BCUT2D eigenvalue weighted by Crippen LogP contribution is -2.21. The molecule has 2 nitrogen and oxygen atoms in total. The fourth-order valence-corrected chi connectivity index (χ4v) is 1.92. The number of carboxylic acids is 1. The summed E-state index contributed by atoms with van der Waals surface area (Å²) in [5, 5.41) is 10.6. The van der Waals surface area contributed by atoms with Crippen molar-refractivity contribution in [3.63, 3.8) is 0 Å². The summed E-state index contributed by atoms with van der Waals surface area (Å²) >= 11 is 0. The first-order chi connectivity index (χ1) is 8.24. The van der Waals surface area contributed by atoms with Gasteiger partial charge in [-0.15, -0.1) is 0 Å². The zero-order valence-corrected chi connectivity index (χ0v) is 10.6. The minimum atomic E-state index is -1.10. The SMILES string of the molecule is CCCCCCCCc1ccc(C(=O)[O-])cc1. The van der Waals surface area contributed by atoms with Gasteiger partial charge in [0.25, 0.3) is 0 Å². The average molecular weight is 233 g/mol. The third-order valence-corrected chi connectivity index (χ3v) is 3.01. The van der Waals surface area contributed by atoms with Crippen molar-refractivity contribution < 1.29 is 9.90 Å². The summed E-state index contributed by atoms with van der Waals surface area (Å²) in [6.07, 6.45) is 8.76. The monoisotopic (exact) mass is 233 g/mol. The number of hydrogen-bond donors (Lipinski definition) is 0. The number of rotatable bonds is 8. The quantitative estimate of drug-likeness (QED) is 0.648. The number of aromatic carboxylic acids is 1. The summed E-state index contributed by atoms with van der Waals surface area (Å²) < 4.78 is 0. The van der Waals surface area contributed by atoms with Crippen LogP contribution in [0.25, 0.3) is 0 Å². The predicted molar refractivity (Wildman–Crippen MR) is 67.9 cm³/mol. The molecule has 0 fully saturated rings. The zero-order valence-electron chi connectivity index (χ0n) is 10.6. The van der Waals surface area contributed by atoms with Crippen LogP contribution in [0.5, 0.6) is 0 Å². The Morgan fingerprint density at radius 1 is 1.00 bits per heavy atom. The Labute approximate surface area is 104 Å². The number of carboxylic acid groups (broad SMARTS) is 1. The molecule has 0 aliphatic heterocycles. The molecule has 0 saturated carbocycles. The lowest BCUT2D eigenvalue weighted by molar-refractivity contribution is -0.255. The Hall–Kier alpha value is -1.31. The summed E-state index contributed by atoms with van der Waals surface area (Å²) in [7, 11) is 0. The molecule has 2 heteroatoms. The topological polar surface area (TPSA) is 40.1 Å². The second-order valence-electron chi connectivity index (χ2n) is 4.50. The van der Waals surface area contributed by atoms with Gasteiger partial charge < -0.3 is 9.90 Å². The Kier molecular flexibility index (Phi) is 6.38. The number of carbonyl (C=O) groups excluding carboxylic acids is 1. The van der Waals surface area contributed by atoms with Gasteiger partial charge >= 0.3 is 0 Å². The molecule has 0 aromatic heterocycles. The Morgan fingerprint density at radius 3 is 2.18 bits per heavy atom. The van der Waals surface area contributed by atoms with E-state index in [0.29, 0.717) is 0 Å². The molecular formula is C15H21O2-. The zero-order chi connectivity index (χ0) is 12.5. The standard InChI is InChI=1S/C15H22O2/c1-2-3-4-5-6-7-8-13-9-11-14(12-10-13)15(16)17/h9-12H,2-8H2,1H3,(H,16,17)/p-1. The number of unbranched alkanes of at least 4 members (excludes halogenated alkanes) is 5. The van der Waals surface area contributed by atoms with Crippen molar-refractivity contribution in [3.8, 4) is 0 Å². The van der Waals surface area contributed by atoms with Gasteiger partial charge in [-0.25, -0.2) is 0 Å². The number of carbonyl (C=O) groups is 1. The molecule has 1 rings (SSSR count). The van der Waals surface area contributed by atoms with E-state index in [4.69, 9.17) is 0 Å². The maximum Gasteiger partial charge on any atom is 0.0715 e. The van der Waals surface area contributed by atoms with Crippen LogP contribution in [0.4, 0.5) is 0 Å². The average Bonchev–Trinajstić information content (AvgIpc) is 2.34. The maximum absolute atomic E-state index is 10.6. The first-order valence-electron chi connectivity index (χ1n) is 6.54. The van der Waals surface area contributed by atoms with Crippen LogP contribution >= 0.6 is 0 Å². The summed E-state index contributed by atoms with van der Waals surface area (Å²) in [5.41, 5.74) is 1.47. The molecule has 0 saturated heterocycles. The van der Waals surface area contributed by atoms with Crippen LogP contribution in [0, 0.1) is 0 Å². The highest BCUT2D eigenvalue weighted by molar-refractivity contribution is 5.85. The first kappa shape index (κ1) is 13.8. The van der Waals surface area contributed by atoms with Crippen molar-refractivity contribution in [3.05, 3.63) is 35.4 Å². The Morgan fingerprint density at radius 2 is 1.59 bits per heavy atom. The molecule has 0 atom stereocenters. The Bertz CT molecular complexity index is 327. The van der Waals surface area contributed by atoms with Crippen molar-refractivity contribution in [2.45, 2.75) is 51.9 Å². The third-order valence-electron chi connectivity index (χ3n) is 3.01. The summed E-state index contributed by atoms with van der Waals surface area (Å²) in [4.78, 5) is 10.6. The molecule has 1 aromatic rings. The second kappa shape index (κ2) is 7.88. The molecule has 0 unspecified atom stereocenters. The minimum absolute atomic E-state index is 0.261. The van der Waals surface area contributed by atoms with E-state index >= 15 is 0 Å². The molecular weight excluding hydrogens is 212 g/mol. The van der Waals surface area contributed by atoms with E-state index in [9.17, 15) is 9.90 Å². The normalized spacial score (nSPS) is 10.4. The molecule has 94 valence electrons.